The number of nitrogens with one attached hydrogen (secondary N) is 1. The van der Waals surface area contributed by atoms with Gasteiger partial charge in [-0.3, -0.25) is 9.89 Å². The Morgan fingerprint density at radius 1 is 1.44 bits per heavy atom. The summed E-state index contributed by atoms with van der Waals surface area (Å²) in [6.45, 7) is 3.69. The third-order valence-corrected chi connectivity index (χ3v) is 3.39. The summed E-state index contributed by atoms with van der Waals surface area (Å²) in [6, 6.07) is 0. The average molecular weight is 252 g/mol. The van der Waals surface area contributed by atoms with Gasteiger partial charge in [0.25, 0.3) is 5.91 Å². The van der Waals surface area contributed by atoms with E-state index < -0.39 is 17.4 Å². The molecule has 1 fully saturated rings. The fourth-order valence-corrected chi connectivity index (χ4v) is 2.23. The number of carbonyl (C=O) groups is 2. The highest BCUT2D eigenvalue weighted by Gasteiger charge is 2.44. The number of nitrogens with zero attached hydrogens (tertiary/aromatic N) is 3. The molecule has 0 spiro atoms. The lowest BCUT2D eigenvalue weighted by Gasteiger charge is -2.40. The lowest BCUT2D eigenvalue weighted by atomic mass is 9.88. The van der Waals surface area contributed by atoms with Crippen LogP contribution in [0.1, 0.15) is 42.6 Å². The quantitative estimate of drug-likeness (QED) is 0.802. The summed E-state index contributed by atoms with van der Waals surface area (Å²) >= 11 is 0. The van der Waals surface area contributed by atoms with Crippen LogP contribution in [-0.2, 0) is 4.79 Å². The number of H-pyrrole nitrogens is 1. The van der Waals surface area contributed by atoms with Gasteiger partial charge in [0.15, 0.2) is 0 Å². The molecule has 7 heteroatoms. The van der Waals surface area contributed by atoms with Gasteiger partial charge in [-0.15, -0.1) is 5.10 Å². The molecule has 0 radical (unpaired) electrons. The summed E-state index contributed by atoms with van der Waals surface area (Å²) in [6.07, 6.45) is 2.06. The van der Waals surface area contributed by atoms with Crippen molar-refractivity contribution in [3.05, 3.63) is 11.6 Å². The number of carbonyl (C=O) groups excluding carboxylic acids is 1. The first-order valence-electron chi connectivity index (χ1n) is 5.89. The van der Waals surface area contributed by atoms with Crippen LogP contribution in [0.2, 0.25) is 0 Å². The van der Waals surface area contributed by atoms with Crippen LogP contribution in [0.25, 0.3) is 0 Å². The zero-order valence-electron chi connectivity index (χ0n) is 10.4. The zero-order valence-corrected chi connectivity index (χ0v) is 10.4. The maximum absolute atomic E-state index is 12.3. The Kier molecular flexibility index (Phi) is 3.06. The summed E-state index contributed by atoms with van der Waals surface area (Å²) in [4.78, 5) is 29.0. The van der Waals surface area contributed by atoms with Crippen molar-refractivity contribution in [3.63, 3.8) is 0 Å². The van der Waals surface area contributed by atoms with E-state index >= 15 is 0 Å². The van der Waals surface area contributed by atoms with Crippen LogP contribution < -0.4 is 0 Å². The summed E-state index contributed by atoms with van der Waals surface area (Å²) in [5.74, 6) is -0.846. The highest BCUT2D eigenvalue weighted by molar-refractivity contribution is 5.95. The maximum Gasteiger partial charge on any atom is 0.329 e. The molecule has 1 aliphatic rings. The Morgan fingerprint density at radius 3 is 2.72 bits per heavy atom. The predicted molar refractivity (Wildman–Crippen MR) is 62.0 cm³/mol. The monoisotopic (exact) mass is 252 g/mol. The van der Waals surface area contributed by atoms with Gasteiger partial charge in [0, 0.05) is 6.54 Å². The number of hydrogen-bond acceptors (Lipinski definition) is 4. The Bertz CT molecular complexity index is 484. The van der Waals surface area contributed by atoms with Crippen molar-refractivity contribution in [2.45, 2.75) is 38.6 Å². The number of carboxylic acid groups (broad SMARTS) is 1. The number of aromatic amines is 1. The number of likely N-dealkylation sites (tertiary alicyclic amines) is 1. The summed E-state index contributed by atoms with van der Waals surface area (Å²) < 4.78 is 0. The first-order valence-corrected chi connectivity index (χ1v) is 5.89. The number of aromatic nitrogens is 3. The minimum atomic E-state index is -1.16. The molecule has 18 heavy (non-hydrogen) atoms. The predicted octanol–water partition coefficient (Wildman–Crippen LogP) is 0.583. The number of aryl methyl sites for hydroxylation is 1. The summed E-state index contributed by atoms with van der Waals surface area (Å²) in [7, 11) is 0. The molecule has 7 nitrogen and oxygen atoms in total. The Morgan fingerprint density at radius 2 is 2.17 bits per heavy atom. The fraction of sp³-hybridized carbons (Fsp3) is 0.636. The van der Waals surface area contributed by atoms with Crippen LogP contribution in [0.4, 0.5) is 0 Å². The minimum absolute atomic E-state index is 0.0295. The van der Waals surface area contributed by atoms with E-state index in [1.807, 2.05) is 0 Å². The van der Waals surface area contributed by atoms with Gasteiger partial charge in [-0.25, -0.2) is 9.78 Å². The topological polar surface area (TPSA) is 99.2 Å². The van der Waals surface area contributed by atoms with Crippen LogP contribution in [0.5, 0.6) is 0 Å². The number of piperidine rings is 1. The molecule has 1 atom stereocenters. The molecule has 1 unspecified atom stereocenters. The van der Waals surface area contributed by atoms with Crippen molar-refractivity contribution in [1.82, 2.24) is 20.1 Å². The molecule has 0 aromatic carbocycles. The van der Waals surface area contributed by atoms with E-state index in [-0.39, 0.29) is 5.82 Å². The van der Waals surface area contributed by atoms with E-state index in [1.54, 1.807) is 13.8 Å². The first kappa shape index (κ1) is 12.5. The number of aliphatic carboxylic acids is 1. The Hall–Kier alpha value is -1.92. The SMILES string of the molecule is Cc1nc(C(=O)N2CCCCC2(C)C(=O)O)n[nH]1. The third kappa shape index (κ3) is 1.96. The van der Waals surface area contributed by atoms with Crippen LogP contribution in [-0.4, -0.2) is 49.1 Å². The lowest BCUT2D eigenvalue weighted by Crippen LogP contribution is -2.57. The molecule has 1 amide bonds. The summed E-state index contributed by atoms with van der Waals surface area (Å²) in [5, 5.41) is 15.7. The Labute approximate surface area is 104 Å². The number of amides is 1. The van der Waals surface area contributed by atoms with Crippen molar-refractivity contribution >= 4 is 11.9 Å². The lowest BCUT2D eigenvalue weighted by molar-refractivity contribution is -0.150. The van der Waals surface area contributed by atoms with Crippen molar-refractivity contribution in [3.8, 4) is 0 Å². The summed E-state index contributed by atoms with van der Waals surface area (Å²) in [5.41, 5.74) is -1.16. The fourth-order valence-electron chi connectivity index (χ4n) is 2.23. The molecule has 2 heterocycles. The van der Waals surface area contributed by atoms with Crippen LogP contribution in [0, 0.1) is 6.92 Å². The van der Waals surface area contributed by atoms with Crippen molar-refractivity contribution < 1.29 is 14.7 Å². The maximum atomic E-state index is 12.3. The smallest absolute Gasteiger partial charge is 0.329 e. The second kappa shape index (κ2) is 4.40. The molecule has 1 aromatic heterocycles. The average Bonchev–Trinajstić information content (AvgIpc) is 2.75. The van der Waals surface area contributed by atoms with Gasteiger partial charge in [-0.05, 0) is 33.1 Å². The van der Waals surface area contributed by atoms with Gasteiger partial charge >= 0.3 is 5.97 Å². The minimum Gasteiger partial charge on any atom is -0.480 e. The van der Waals surface area contributed by atoms with E-state index in [0.29, 0.717) is 18.8 Å². The largest absolute Gasteiger partial charge is 0.480 e. The molecular weight excluding hydrogens is 236 g/mol. The number of rotatable bonds is 2. The number of carboxylic acids is 1. The van der Waals surface area contributed by atoms with Crippen LogP contribution in [0.15, 0.2) is 0 Å². The van der Waals surface area contributed by atoms with Crippen LogP contribution in [0.3, 0.4) is 0 Å². The van der Waals surface area contributed by atoms with Gasteiger partial charge in [0.05, 0.1) is 0 Å². The van der Waals surface area contributed by atoms with Gasteiger partial charge < -0.3 is 10.0 Å². The molecule has 0 aliphatic carbocycles. The number of hydrogen-bond donors (Lipinski definition) is 2. The van der Waals surface area contributed by atoms with Gasteiger partial charge in [-0.2, -0.15) is 0 Å². The second-order valence-electron chi connectivity index (χ2n) is 4.74. The van der Waals surface area contributed by atoms with E-state index in [1.165, 1.54) is 4.90 Å². The van der Waals surface area contributed by atoms with Crippen LogP contribution >= 0.6 is 0 Å². The highest BCUT2D eigenvalue weighted by Crippen LogP contribution is 2.29. The highest BCUT2D eigenvalue weighted by atomic mass is 16.4. The molecule has 0 saturated carbocycles. The molecular formula is C11H16N4O3. The molecule has 2 rings (SSSR count). The normalized spacial score (nSPS) is 24.0. The third-order valence-electron chi connectivity index (χ3n) is 3.39. The zero-order chi connectivity index (χ0) is 13.3. The van der Waals surface area contributed by atoms with E-state index in [2.05, 4.69) is 15.2 Å². The standard InChI is InChI=1S/C11H16N4O3/c1-7-12-8(14-13-7)9(16)15-6-4-3-5-11(15,2)10(17)18/h3-6H2,1-2H3,(H,17,18)(H,12,13,14). The van der Waals surface area contributed by atoms with E-state index in [0.717, 1.165) is 12.8 Å². The van der Waals surface area contributed by atoms with Gasteiger partial charge in [0.2, 0.25) is 5.82 Å². The molecule has 1 aliphatic heterocycles. The van der Waals surface area contributed by atoms with Gasteiger partial charge in [0.1, 0.15) is 11.4 Å². The molecule has 98 valence electrons. The molecule has 1 aromatic rings. The van der Waals surface area contributed by atoms with Crippen molar-refractivity contribution in [1.29, 1.82) is 0 Å². The van der Waals surface area contributed by atoms with Crippen molar-refractivity contribution in [2.75, 3.05) is 6.54 Å². The second-order valence-corrected chi connectivity index (χ2v) is 4.74. The molecule has 0 bridgehead atoms. The van der Waals surface area contributed by atoms with E-state index in [9.17, 15) is 14.7 Å². The first-order chi connectivity index (χ1) is 8.45. The van der Waals surface area contributed by atoms with Gasteiger partial charge in [-0.1, -0.05) is 0 Å². The van der Waals surface area contributed by atoms with E-state index in [4.69, 9.17) is 0 Å². The van der Waals surface area contributed by atoms with Crippen molar-refractivity contribution in [2.24, 2.45) is 0 Å². The Balaban J connectivity index is 2.30. The molecule has 1 saturated heterocycles. The molecule has 2 N–H and O–H groups in total.